The second-order valence-corrected chi connectivity index (χ2v) is 4.61. The molecule has 0 radical (unpaired) electrons. The Labute approximate surface area is 122 Å². The summed E-state index contributed by atoms with van der Waals surface area (Å²) in [5.74, 6) is 0.922. The van der Waals surface area contributed by atoms with E-state index in [9.17, 15) is 8.78 Å². The van der Waals surface area contributed by atoms with E-state index in [0.29, 0.717) is 6.42 Å². The van der Waals surface area contributed by atoms with Crippen molar-refractivity contribution >= 4 is 0 Å². The second kappa shape index (κ2) is 7.04. The quantitative estimate of drug-likeness (QED) is 0.886. The summed E-state index contributed by atoms with van der Waals surface area (Å²) in [6, 6.07) is 13.8. The van der Waals surface area contributed by atoms with Gasteiger partial charge in [-0.3, -0.25) is 0 Å². The predicted molar refractivity (Wildman–Crippen MR) is 76.7 cm³/mol. The molecule has 0 aromatic heterocycles. The van der Waals surface area contributed by atoms with E-state index in [1.807, 2.05) is 24.3 Å². The molecule has 0 saturated heterocycles. The maximum absolute atomic E-state index is 12.1. The first-order valence-corrected chi connectivity index (χ1v) is 6.52. The zero-order valence-electron chi connectivity index (χ0n) is 11.6. The molecule has 112 valence electrons. The van der Waals surface area contributed by atoms with Crippen LogP contribution in [0.25, 0.3) is 0 Å². The number of nitrogens with two attached hydrogens (primary N) is 1. The molecule has 0 spiro atoms. The minimum atomic E-state index is -2.82. The molecule has 0 heterocycles. The van der Waals surface area contributed by atoms with Gasteiger partial charge in [0.2, 0.25) is 0 Å². The third-order valence-corrected chi connectivity index (χ3v) is 3.15. The Hall–Kier alpha value is -2.14. The highest BCUT2D eigenvalue weighted by atomic mass is 19.3. The van der Waals surface area contributed by atoms with Crippen LogP contribution in [-0.4, -0.2) is 13.7 Å². The molecule has 0 aliphatic rings. The maximum atomic E-state index is 12.1. The normalized spacial score (nSPS) is 12.2. The standard InChI is InChI=1S/C16H17F2NO2/c1-20-13-6-2-11(3-7-13)10-15(19)12-4-8-14(9-5-12)21-16(17)18/h2-9,15-16H,10,19H2,1H3. The summed E-state index contributed by atoms with van der Waals surface area (Å²) < 4.78 is 33.5. The highest BCUT2D eigenvalue weighted by Crippen LogP contribution is 2.21. The van der Waals surface area contributed by atoms with Gasteiger partial charge in [0.1, 0.15) is 11.5 Å². The Balaban J connectivity index is 2.00. The van der Waals surface area contributed by atoms with Crippen molar-refractivity contribution in [2.75, 3.05) is 7.11 Å². The summed E-state index contributed by atoms with van der Waals surface area (Å²) in [7, 11) is 1.61. The fraction of sp³-hybridized carbons (Fsp3) is 0.250. The largest absolute Gasteiger partial charge is 0.497 e. The minimum Gasteiger partial charge on any atom is -0.497 e. The lowest BCUT2D eigenvalue weighted by molar-refractivity contribution is -0.0498. The van der Waals surface area contributed by atoms with Gasteiger partial charge in [0.15, 0.2) is 0 Å². The number of rotatable bonds is 6. The molecule has 0 aliphatic heterocycles. The van der Waals surface area contributed by atoms with Crippen molar-refractivity contribution in [3.63, 3.8) is 0 Å². The van der Waals surface area contributed by atoms with Crippen LogP contribution in [-0.2, 0) is 6.42 Å². The first-order chi connectivity index (χ1) is 10.1. The monoisotopic (exact) mass is 293 g/mol. The molecule has 3 nitrogen and oxygen atoms in total. The molecule has 0 saturated carbocycles. The van der Waals surface area contributed by atoms with Crippen molar-refractivity contribution in [1.82, 2.24) is 0 Å². The van der Waals surface area contributed by atoms with E-state index in [1.165, 1.54) is 12.1 Å². The fourth-order valence-electron chi connectivity index (χ4n) is 2.03. The predicted octanol–water partition coefficient (Wildman–Crippen LogP) is 3.54. The smallest absolute Gasteiger partial charge is 0.387 e. The molecule has 0 amide bonds. The molecule has 2 rings (SSSR count). The van der Waals surface area contributed by atoms with E-state index in [2.05, 4.69) is 4.74 Å². The zero-order valence-corrected chi connectivity index (χ0v) is 11.6. The van der Waals surface area contributed by atoms with Crippen molar-refractivity contribution in [3.05, 3.63) is 59.7 Å². The number of halogens is 2. The average Bonchev–Trinajstić information content (AvgIpc) is 2.48. The van der Waals surface area contributed by atoms with Crippen LogP contribution in [0.5, 0.6) is 11.5 Å². The fourth-order valence-corrected chi connectivity index (χ4v) is 2.03. The molecule has 21 heavy (non-hydrogen) atoms. The maximum Gasteiger partial charge on any atom is 0.387 e. The van der Waals surface area contributed by atoms with Crippen molar-refractivity contribution < 1.29 is 18.3 Å². The van der Waals surface area contributed by atoms with E-state index < -0.39 is 6.61 Å². The Bertz CT molecular complexity index is 555. The van der Waals surface area contributed by atoms with Crippen molar-refractivity contribution in [2.45, 2.75) is 19.1 Å². The lowest BCUT2D eigenvalue weighted by Crippen LogP contribution is -2.13. The van der Waals surface area contributed by atoms with Gasteiger partial charge in [0, 0.05) is 6.04 Å². The van der Waals surface area contributed by atoms with Gasteiger partial charge in [-0.15, -0.1) is 0 Å². The number of ether oxygens (including phenoxy) is 2. The summed E-state index contributed by atoms with van der Waals surface area (Å²) in [5.41, 5.74) is 8.08. The number of hydrogen-bond donors (Lipinski definition) is 1. The summed E-state index contributed by atoms with van der Waals surface area (Å²) in [6.07, 6.45) is 0.652. The Morgan fingerprint density at radius 3 is 2.05 bits per heavy atom. The van der Waals surface area contributed by atoms with E-state index in [1.54, 1.807) is 19.2 Å². The van der Waals surface area contributed by atoms with Gasteiger partial charge < -0.3 is 15.2 Å². The molecule has 2 aromatic rings. The van der Waals surface area contributed by atoms with Crippen LogP contribution in [0.15, 0.2) is 48.5 Å². The summed E-state index contributed by atoms with van der Waals surface area (Å²) in [4.78, 5) is 0. The van der Waals surface area contributed by atoms with E-state index in [0.717, 1.165) is 16.9 Å². The van der Waals surface area contributed by atoms with E-state index in [4.69, 9.17) is 10.5 Å². The van der Waals surface area contributed by atoms with Gasteiger partial charge in [0.05, 0.1) is 7.11 Å². The van der Waals surface area contributed by atoms with Gasteiger partial charge in [-0.2, -0.15) is 8.78 Å². The van der Waals surface area contributed by atoms with Crippen molar-refractivity contribution in [2.24, 2.45) is 5.73 Å². The first kappa shape index (κ1) is 15.3. The van der Waals surface area contributed by atoms with E-state index in [-0.39, 0.29) is 11.8 Å². The van der Waals surface area contributed by atoms with Crippen LogP contribution in [0.3, 0.4) is 0 Å². The van der Waals surface area contributed by atoms with Crippen LogP contribution in [0.2, 0.25) is 0 Å². The SMILES string of the molecule is COc1ccc(CC(N)c2ccc(OC(F)F)cc2)cc1. The average molecular weight is 293 g/mol. The molecule has 5 heteroatoms. The van der Waals surface area contributed by atoms with Gasteiger partial charge >= 0.3 is 6.61 Å². The molecular weight excluding hydrogens is 276 g/mol. The number of alkyl halides is 2. The summed E-state index contributed by atoms with van der Waals surface area (Å²) in [6.45, 7) is -2.82. The van der Waals surface area contributed by atoms with Crippen molar-refractivity contribution in [3.8, 4) is 11.5 Å². The molecule has 0 aliphatic carbocycles. The molecule has 2 aromatic carbocycles. The first-order valence-electron chi connectivity index (χ1n) is 6.52. The number of methoxy groups -OCH3 is 1. The Morgan fingerprint density at radius 1 is 0.952 bits per heavy atom. The molecule has 0 bridgehead atoms. The summed E-state index contributed by atoms with van der Waals surface area (Å²) >= 11 is 0. The van der Waals surface area contributed by atoms with Crippen LogP contribution < -0.4 is 15.2 Å². The van der Waals surface area contributed by atoms with Gasteiger partial charge in [-0.1, -0.05) is 24.3 Å². The van der Waals surface area contributed by atoms with Crippen LogP contribution >= 0.6 is 0 Å². The molecule has 0 fully saturated rings. The van der Waals surface area contributed by atoms with Crippen LogP contribution in [0.4, 0.5) is 8.78 Å². The Morgan fingerprint density at radius 2 is 1.52 bits per heavy atom. The van der Waals surface area contributed by atoms with Crippen LogP contribution in [0.1, 0.15) is 17.2 Å². The lowest BCUT2D eigenvalue weighted by Gasteiger charge is -2.13. The summed E-state index contributed by atoms with van der Waals surface area (Å²) in [5, 5.41) is 0. The zero-order chi connectivity index (χ0) is 15.2. The topological polar surface area (TPSA) is 44.5 Å². The van der Waals surface area contributed by atoms with Gasteiger partial charge in [0.25, 0.3) is 0 Å². The third-order valence-electron chi connectivity index (χ3n) is 3.15. The molecule has 2 N–H and O–H groups in total. The third kappa shape index (κ3) is 4.43. The molecular formula is C16H17F2NO2. The Kier molecular flexibility index (Phi) is 5.11. The number of benzene rings is 2. The molecule has 1 atom stereocenters. The van der Waals surface area contributed by atoms with Gasteiger partial charge in [-0.05, 0) is 41.8 Å². The van der Waals surface area contributed by atoms with Gasteiger partial charge in [-0.25, -0.2) is 0 Å². The van der Waals surface area contributed by atoms with Crippen LogP contribution in [0, 0.1) is 0 Å². The lowest BCUT2D eigenvalue weighted by atomic mass is 9.99. The van der Waals surface area contributed by atoms with Crippen molar-refractivity contribution in [1.29, 1.82) is 0 Å². The highest BCUT2D eigenvalue weighted by molar-refractivity contribution is 5.32. The minimum absolute atomic E-state index is 0.130. The van der Waals surface area contributed by atoms with E-state index >= 15 is 0 Å². The highest BCUT2D eigenvalue weighted by Gasteiger charge is 2.09. The molecule has 1 unspecified atom stereocenters. The second-order valence-electron chi connectivity index (χ2n) is 4.61. The number of hydrogen-bond acceptors (Lipinski definition) is 3.